The number of fused-ring (bicyclic) bond motifs is 1. The Morgan fingerprint density at radius 2 is 2.27 bits per heavy atom. The van der Waals surface area contributed by atoms with Gasteiger partial charge in [0.05, 0.1) is 6.61 Å². The van der Waals surface area contributed by atoms with Crippen LogP contribution < -0.4 is 5.73 Å². The van der Waals surface area contributed by atoms with Gasteiger partial charge in [0.15, 0.2) is 0 Å². The Balaban J connectivity index is 2.20. The molecule has 3 N–H and O–H groups in total. The Morgan fingerprint density at radius 3 is 3.00 bits per heavy atom. The number of aliphatic hydroxyl groups excluding tert-OH is 1. The molecular formula is C12H18N2O. The topological polar surface area (TPSA) is 49.5 Å². The standard InChI is InChI=1S/C12H18N2O/c13-8-10-2-1-3-11-9-14(6-7-15)5-4-12(10)11/h1-3,15H,4-9,13H2. The third-order valence-corrected chi connectivity index (χ3v) is 3.08. The van der Waals surface area contributed by atoms with E-state index in [9.17, 15) is 0 Å². The van der Waals surface area contributed by atoms with Crippen molar-refractivity contribution in [3.05, 3.63) is 34.9 Å². The highest BCUT2D eigenvalue weighted by Crippen LogP contribution is 2.21. The summed E-state index contributed by atoms with van der Waals surface area (Å²) in [5.41, 5.74) is 9.79. The molecule has 2 rings (SSSR count). The lowest BCUT2D eigenvalue weighted by atomic mass is 9.94. The van der Waals surface area contributed by atoms with Crippen LogP contribution in [0.3, 0.4) is 0 Å². The molecule has 0 aliphatic carbocycles. The van der Waals surface area contributed by atoms with Gasteiger partial charge in [-0.2, -0.15) is 0 Å². The predicted molar refractivity (Wildman–Crippen MR) is 60.4 cm³/mol. The first-order chi connectivity index (χ1) is 7.35. The van der Waals surface area contributed by atoms with Crippen molar-refractivity contribution in [1.82, 2.24) is 4.90 Å². The van der Waals surface area contributed by atoms with E-state index in [0.717, 1.165) is 26.1 Å². The first-order valence-corrected chi connectivity index (χ1v) is 5.48. The Labute approximate surface area is 90.5 Å². The summed E-state index contributed by atoms with van der Waals surface area (Å²) < 4.78 is 0. The van der Waals surface area contributed by atoms with Crippen LogP contribution in [0.5, 0.6) is 0 Å². The van der Waals surface area contributed by atoms with Gasteiger partial charge in [0.1, 0.15) is 0 Å². The molecule has 0 saturated heterocycles. The van der Waals surface area contributed by atoms with Crippen LogP contribution in [0.15, 0.2) is 18.2 Å². The number of hydrogen-bond donors (Lipinski definition) is 2. The summed E-state index contributed by atoms with van der Waals surface area (Å²) >= 11 is 0. The molecule has 1 aliphatic rings. The third-order valence-electron chi connectivity index (χ3n) is 3.08. The number of aliphatic hydroxyl groups is 1. The van der Waals surface area contributed by atoms with Gasteiger partial charge in [-0.25, -0.2) is 0 Å². The zero-order valence-corrected chi connectivity index (χ0v) is 8.95. The molecule has 0 atom stereocenters. The quantitative estimate of drug-likeness (QED) is 0.757. The van der Waals surface area contributed by atoms with Gasteiger partial charge in [-0.3, -0.25) is 4.90 Å². The average molecular weight is 206 g/mol. The minimum Gasteiger partial charge on any atom is -0.395 e. The summed E-state index contributed by atoms with van der Waals surface area (Å²) in [5.74, 6) is 0. The summed E-state index contributed by atoms with van der Waals surface area (Å²) in [6, 6.07) is 6.35. The van der Waals surface area contributed by atoms with Crippen molar-refractivity contribution >= 4 is 0 Å². The molecule has 0 saturated carbocycles. The number of benzene rings is 1. The second kappa shape index (κ2) is 4.75. The van der Waals surface area contributed by atoms with Crippen molar-refractivity contribution in [3.63, 3.8) is 0 Å². The first kappa shape index (κ1) is 10.6. The predicted octanol–water partition coefficient (Wildman–Crippen LogP) is 0.496. The van der Waals surface area contributed by atoms with Gasteiger partial charge in [0.25, 0.3) is 0 Å². The molecule has 0 bridgehead atoms. The molecular weight excluding hydrogens is 188 g/mol. The van der Waals surface area contributed by atoms with E-state index in [2.05, 4.69) is 23.1 Å². The van der Waals surface area contributed by atoms with Crippen molar-refractivity contribution in [1.29, 1.82) is 0 Å². The average Bonchev–Trinajstić information content (AvgIpc) is 2.28. The fourth-order valence-corrected chi connectivity index (χ4v) is 2.27. The molecule has 0 radical (unpaired) electrons. The van der Waals surface area contributed by atoms with E-state index < -0.39 is 0 Å². The van der Waals surface area contributed by atoms with Gasteiger partial charge < -0.3 is 10.8 Å². The second-order valence-corrected chi connectivity index (χ2v) is 4.01. The maximum absolute atomic E-state index is 8.91. The lowest BCUT2D eigenvalue weighted by Gasteiger charge is -2.29. The third kappa shape index (κ3) is 2.20. The Morgan fingerprint density at radius 1 is 1.40 bits per heavy atom. The summed E-state index contributed by atoms with van der Waals surface area (Å²) in [6.07, 6.45) is 1.06. The minimum absolute atomic E-state index is 0.242. The number of nitrogens with zero attached hydrogens (tertiary/aromatic N) is 1. The number of nitrogens with two attached hydrogens (primary N) is 1. The van der Waals surface area contributed by atoms with Crippen molar-refractivity contribution < 1.29 is 5.11 Å². The Bertz CT molecular complexity index is 338. The van der Waals surface area contributed by atoms with Crippen LogP contribution in [0.1, 0.15) is 16.7 Å². The minimum atomic E-state index is 0.242. The molecule has 1 heterocycles. The highest BCUT2D eigenvalue weighted by molar-refractivity contribution is 5.36. The van der Waals surface area contributed by atoms with Crippen molar-refractivity contribution in [2.24, 2.45) is 5.73 Å². The number of β-amino-alcohol motifs (C(OH)–C–C–N with tert-alkyl or cyclic N) is 1. The smallest absolute Gasteiger partial charge is 0.0558 e. The molecule has 0 fully saturated rings. The van der Waals surface area contributed by atoms with Crippen molar-refractivity contribution in [3.8, 4) is 0 Å². The summed E-state index contributed by atoms with van der Waals surface area (Å²) in [4.78, 5) is 2.28. The Hall–Kier alpha value is -0.900. The largest absolute Gasteiger partial charge is 0.395 e. The van der Waals surface area contributed by atoms with Crippen LogP contribution in [0.4, 0.5) is 0 Å². The van der Waals surface area contributed by atoms with Gasteiger partial charge in [-0.15, -0.1) is 0 Å². The molecule has 0 spiro atoms. The molecule has 1 aromatic rings. The van der Waals surface area contributed by atoms with Crippen molar-refractivity contribution in [2.45, 2.75) is 19.5 Å². The first-order valence-electron chi connectivity index (χ1n) is 5.48. The second-order valence-electron chi connectivity index (χ2n) is 4.01. The van der Waals surface area contributed by atoms with Crippen LogP contribution in [0, 0.1) is 0 Å². The maximum Gasteiger partial charge on any atom is 0.0558 e. The van der Waals surface area contributed by atoms with Crippen LogP contribution in [0.25, 0.3) is 0 Å². The summed E-state index contributed by atoms with van der Waals surface area (Å²) in [5, 5.41) is 8.91. The van der Waals surface area contributed by atoms with E-state index in [-0.39, 0.29) is 6.61 Å². The summed E-state index contributed by atoms with van der Waals surface area (Å²) in [7, 11) is 0. The van der Waals surface area contributed by atoms with Gasteiger partial charge in [0.2, 0.25) is 0 Å². The lowest BCUT2D eigenvalue weighted by molar-refractivity contribution is 0.184. The van der Waals surface area contributed by atoms with Gasteiger partial charge in [-0.1, -0.05) is 18.2 Å². The van der Waals surface area contributed by atoms with E-state index in [1.165, 1.54) is 16.7 Å². The zero-order valence-electron chi connectivity index (χ0n) is 8.95. The molecule has 0 amide bonds. The van der Waals surface area contributed by atoms with E-state index in [4.69, 9.17) is 10.8 Å². The van der Waals surface area contributed by atoms with Crippen molar-refractivity contribution in [2.75, 3.05) is 19.7 Å². The van der Waals surface area contributed by atoms with E-state index in [0.29, 0.717) is 6.54 Å². The lowest BCUT2D eigenvalue weighted by Crippen LogP contribution is -2.33. The number of rotatable bonds is 3. The molecule has 82 valence electrons. The molecule has 3 heteroatoms. The van der Waals surface area contributed by atoms with Crippen LogP contribution >= 0.6 is 0 Å². The number of hydrogen-bond acceptors (Lipinski definition) is 3. The van der Waals surface area contributed by atoms with Crippen LogP contribution in [0.2, 0.25) is 0 Å². The maximum atomic E-state index is 8.91. The van der Waals surface area contributed by atoms with E-state index >= 15 is 0 Å². The molecule has 1 aromatic carbocycles. The molecule has 3 nitrogen and oxygen atoms in total. The highest BCUT2D eigenvalue weighted by Gasteiger charge is 2.17. The monoisotopic (exact) mass is 206 g/mol. The Kier molecular flexibility index (Phi) is 3.36. The van der Waals surface area contributed by atoms with E-state index in [1.807, 2.05) is 0 Å². The van der Waals surface area contributed by atoms with E-state index in [1.54, 1.807) is 0 Å². The zero-order chi connectivity index (χ0) is 10.7. The highest BCUT2D eigenvalue weighted by atomic mass is 16.3. The molecule has 1 aliphatic heterocycles. The van der Waals surface area contributed by atoms with Crippen LogP contribution in [-0.2, 0) is 19.5 Å². The van der Waals surface area contributed by atoms with Crippen LogP contribution in [-0.4, -0.2) is 29.7 Å². The van der Waals surface area contributed by atoms with Gasteiger partial charge >= 0.3 is 0 Å². The molecule has 0 unspecified atom stereocenters. The van der Waals surface area contributed by atoms with Gasteiger partial charge in [0, 0.05) is 26.2 Å². The SMILES string of the molecule is NCc1cccc2c1CCN(CCO)C2. The summed E-state index contributed by atoms with van der Waals surface area (Å²) in [6.45, 7) is 3.62. The normalized spacial score (nSPS) is 16.4. The fraction of sp³-hybridized carbons (Fsp3) is 0.500. The molecule has 0 aromatic heterocycles. The van der Waals surface area contributed by atoms with Gasteiger partial charge in [-0.05, 0) is 23.1 Å². The fourth-order valence-electron chi connectivity index (χ4n) is 2.27. The molecule has 15 heavy (non-hydrogen) atoms.